The molecule has 1 heterocycles. The van der Waals surface area contributed by atoms with E-state index in [1.165, 1.54) is 6.92 Å². The summed E-state index contributed by atoms with van der Waals surface area (Å²) in [6.45, 7) is 3.25. The van der Waals surface area contributed by atoms with Gasteiger partial charge in [0.2, 0.25) is 0 Å². The Labute approximate surface area is 97.4 Å². The fourth-order valence-electron chi connectivity index (χ4n) is 1.11. The average Bonchev–Trinajstić information content (AvgIpc) is 2.44. The van der Waals surface area contributed by atoms with E-state index in [9.17, 15) is 13.2 Å². The predicted octanol–water partition coefficient (Wildman–Crippen LogP) is -0.206. The topological polar surface area (TPSA) is 99.3 Å². The molecule has 6 nitrogen and oxygen atoms in total. The molecule has 1 rings (SSSR count). The summed E-state index contributed by atoms with van der Waals surface area (Å²) in [4.78, 5) is 13.0. The molecule has 0 saturated carbocycles. The lowest BCUT2D eigenvalue weighted by atomic mass is 10.3. The van der Waals surface area contributed by atoms with Gasteiger partial charge >= 0.3 is 4.87 Å². The number of aliphatic hydroxyl groups excluding tert-OH is 1. The number of sulfonamides is 1. The number of rotatable bonds is 5. The van der Waals surface area contributed by atoms with E-state index in [4.69, 9.17) is 5.11 Å². The van der Waals surface area contributed by atoms with Crippen molar-refractivity contribution >= 4 is 21.4 Å². The monoisotopic (exact) mass is 266 g/mol. The normalized spacial score (nSPS) is 13.9. The highest BCUT2D eigenvalue weighted by Gasteiger charge is 2.19. The maximum absolute atomic E-state index is 11.7. The van der Waals surface area contributed by atoms with Gasteiger partial charge in [0.15, 0.2) is 4.21 Å². The highest BCUT2D eigenvalue weighted by atomic mass is 32.2. The van der Waals surface area contributed by atoms with Crippen LogP contribution < -0.4 is 9.60 Å². The molecule has 0 saturated heterocycles. The molecule has 16 heavy (non-hydrogen) atoms. The Kier molecular flexibility index (Phi) is 4.25. The van der Waals surface area contributed by atoms with Gasteiger partial charge in [-0.1, -0.05) is 11.3 Å². The minimum Gasteiger partial charge on any atom is -0.393 e. The van der Waals surface area contributed by atoms with Gasteiger partial charge in [0, 0.05) is 12.2 Å². The minimum atomic E-state index is -3.64. The Morgan fingerprint density at radius 2 is 2.19 bits per heavy atom. The number of aryl methyl sites for hydroxylation is 1. The number of hydrogen-bond acceptors (Lipinski definition) is 5. The van der Waals surface area contributed by atoms with E-state index < -0.39 is 21.0 Å². The summed E-state index contributed by atoms with van der Waals surface area (Å²) in [5.74, 6) is 0. The van der Waals surface area contributed by atoms with Crippen LogP contribution in [0.1, 0.15) is 19.0 Å². The van der Waals surface area contributed by atoms with Gasteiger partial charge in [-0.3, -0.25) is 4.79 Å². The van der Waals surface area contributed by atoms with Crippen LogP contribution in [-0.2, 0) is 10.0 Å². The van der Waals surface area contributed by atoms with Crippen molar-refractivity contribution in [2.45, 2.75) is 30.6 Å². The van der Waals surface area contributed by atoms with E-state index in [2.05, 4.69) is 9.71 Å². The van der Waals surface area contributed by atoms with E-state index >= 15 is 0 Å². The summed E-state index contributed by atoms with van der Waals surface area (Å²) >= 11 is 0.656. The Balaban J connectivity index is 2.79. The van der Waals surface area contributed by atoms with Crippen molar-refractivity contribution in [2.75, 3.05) is 6.54 Å². The number of aromatic nitrogens is 1. The number of aromatic amines is 1. The first kappa shape index (κ1) is 13.4. The second-order valence-corrected chi connectivity index (χ2v) is 6.41. The van der Waals surface area contributed by atoms with E-state index in [-0.39, 0.29) is 10.8 Å². The third-order valence-corrected chi connectivity index (χ3v) is 4.95. The summed E-state index contributed by atoms with van der Waals surface area (Å²) in [5, 5.41) is 8.99. The quantitative estimate of drug-likeness (QED) is 0.687. The summed E-state index contributed by atoms with van der Waals surface area (Å²) in [7, 11) is -3.64. The lowest BCUT2D eigenvalue weighted by molar-refractivity contribution is 0.186. The zero-order valence-electron chi connectivity index (χ0n) is 8.98. The van der Waals surface area contributed by atoms with Gasteiger partial charge in [-0.25, -0.2) is 13.1 Å². The zero-order valence-corrected chi connectivity index (χ0v) is 10.6. The van der Waals surface area contributed by atoms with Crippen LogP contribution in [0.15, 0.2) is 9.00 Å². The second kappa shape index (κ2) is 5.09. The molecule has 0 aliphatic heterocycles. The molecular weight excluding hydrogens is 252 g/mol. The van der Waals surface area contributed by atoms with E-state index in [1.807, 2.05) is 0 Å². The lowest BCUT2D eigenvalue weighted by Crippen LogP contribution is -2.26. The maximum Gasteiger partial charge on any atom is 0.305 e. The third kappa shape index (κ3) is 3.41. The molecule has 0 bridgehead atoms. The Morgan fingerprint density at radius 1 is 1.56 bits per heavy atom. The van der Waals surface area contributed by atoms with Gasteiger partial charge in [0.05, 0.1) is 6.10 Å². The molecule has 0 fully saturated rings. The Morgan fingerprint density at radius 3 is 2.62 bits per heavy atom. The van der Waals surface area contributed by atoms with Gasteiger partial charge in [-0.05, 0) is 20.3 Å². The Hall–Kier alpha value is -0.700. The standard InChI is InChI=1S/C8H14N2O4S2/c1-5(11)3-4-9-16(13,14)7-6(2)10-8(12)15-7/h5,9,11H,3-4H2,1-2H3,(H,10,12). The van der Waals surface area contributed by atoms with Gasteiger partial charge in [-0.15, -0.1) is 0 Å². The molecule has 1 aromatic heterocycles. The number of hydrogen-bond donors (Lipinski definition) is 3. The number of nitrogens with one attached hydrogen (secondary N) is 2. The third-order valence-electron chi connectivity index (χ3n) is 1.88. The smallest absolute Gasteiger partial charge is 0.305 e. The predicted molar refractivity (Wildman–Crippen MR) is 61.2 cm³/mol. The molecule has 0 radical (unpaired) electrons. The van der Waals surface area contributed by atoms with Crippen LogP contribution >= 0.6 is 11.3 Å². The van der Waals surface area contributed by atoms with E-state index in [0.29, 0.717) is 23.5 Å². The zero-order chi connectivity index (χ0) is 12.3. The van der Waals surface area contributed by atoms with Gasteiger partial charge in [0.25, 0.3) is 10.0 Å². The number of H-pyrrole nitrogens is 1. The SMILES string of the molecule is Cc1[nH]c(=O)sc1S(=O)(=O)NCCC(C)O. The van der Waals surface area contributed by atoms with Gasteiger partial charge in [0.1, 0.15) is 0 Å². The first-order chi connectivity index (χ1) is 7.33. The fraction of sp³-hybridized carbons (Fsp3) is 0.625. The fourth-order valence-corrected chi connectivity index (χ4v) is 3.51. The number of aliphatic hydroxyl groups is 1. The molecule has 92 valence electrons. The molecule has 0 aromatic carbocycles. The number of thiazole rings is 1. The van der Waals surface area contributed by atoms with Crippen LogP contribution in [0.3, 0.4) is 0 Å². The van der Waals surface area contributed by atoms with E-state index in [1.54, 1.807) is 6.92 Å². The van der Waals surface area contributed by atoms with Crippen molar-refractivity contribution in [3.63, 3.8) is 0 Å². The van der Waals surface area contributed by atoms with Crippen molar-refractivity contribution in [3.05, 3.63) is 15.4 Å². The van der Waals surface area contributed by atoms with Crippen molar-refractivity contribution in [3.8, 4) is 0 Å². The summed E-state index contributed by atoms with van der Waals surface area (Å²) in [6.07, 6.45) is -0.230. The molecule has 0 aliphatic rings. The molecule has 0 amide bonds. The van der Waals surface area contributed by atoms with Crippen LogP contribution in [0.25, 0.3) is 0 Å². The highest BCUT2D eigenvalue weighted by molar-refractivity contribution is 7.91. The van der Waals surface area contributed by atoms with Crippen molar-refractivity contribution in [1.29, 1.82) is 0 Å². The molecule has 0 aliphatic carbocycles. The first-order valence-corrected chi connectivity index (χ1v) is 7.00. The van der Waals surface area contributed by atoms with Crippen LogP contribution in [0.5, 0.6) is 0 Å². The molecule has 8 heteroatoms. The molecule has 1 unspecified atom stereocenters. The summed E-state index contributed by atoms with van der Waals surface area (Å²) in [6, 6.07) is 0. The van der Waals surface area contributed by atoms with Crippen LogP contribution in [0.4, 0.5) is 0 Å². The molecule has 1 aromatic rings. The Bertz CT molecular complexity index is 500. The van der Waals surface area contributed by atoms with E-state index in [0.717, 1.165) is 0 Å². The molecule has 1 atom stereocenters. The van der Waals surface area contributed by atoms with Crippen LogP contribution in [0.2, 0.25) is 0 Å². The molecular formula is C8H14N2O4S2. The van der Waals surface area contributed by atoms with Gasteiger partial charge in [-0.2, -0.15) is 0 Å². The van der Waals surface area contributed by atoms with Crippen molar-refractivity contribution in [1.82, 2.24) is 9.71 Å². The maximum atomic E-state index is 11.7. The average molecular weight is 266 g/mol. The van der Waals surface area contributed by atoms with Gasteiger partial charge < -0.3 is 10.1 Å². The summed E-state index contributed by atoms with van der Waals surface area (Å²) < 4.78 is 25.7. The first-order valence-electron chi connectivity index (χ1n) is 4.70. The lowest BCUT2D eigenvalue weighted by Gasteiger charge is -2.06. The highest BCUT2D eigenvalue weighted by Crippen LogP contribution is 2.15. The summed E-state index contributed by atoms with van der Waals surface area (Å²) in [5.41, 5.74) is 0.333. The molecule has 0 spiro atoms. The molecule has 3 N–H and O–H groups in total. The van der Waals surface area contributed by atoms with Crippen molar-refractivity contribution < 1.29 is 13.5 Å². The van der Waals surface area contributed by atoms with Crippen LogP contribution in [-0.4, -0.2) is 31.2 Å². The second-order valence-electron chi connectivity index (χ2n) is 3.46. The largest absolute Gasteiger partial charge is 0.393 e. The minimum absolute atomic E-state index is 0.00286. The van der Waals surface area contributed by atoms with Crippen molar-refractivity contribution in [2.24, 2.45) is 0 Å². The van der Waals surface area contributed by atoms with Crippen LogP contribution in [0, 0.1) is 6.92 Å².